The van der Waals surface area contributed by atoms with Gasteiger partial charge in [0.2, 0.25) is 15.9 Å². The fourth-order valence-electron chi connectivity index (χ4n) is 1.25. The summed E-state index contributed by atoms with van der Waals surface area (Å²) in [6.07, 6.45) is 1.05. The van der Waals surface area contributed by atoms with Gasteiger partial charge in [-0.15, -0.1) is 0 Å². The minimum atomic E-state index is -3.43. The van der Waals surface area contributed by atoms with Gasteiger partial charge in [-0.2, -0.15) is 4.31 Å². The third kappa shape index (κ3) is 4.00. The van der Waals surface area contributed by atoms with Crippen LogP contribution in [0.1, 0.15) is 5.56 Å². The number of hydrogen-bond donors (Lipinski definition) is 1. The normalized spacial score (nSPS) is 11.6. The molecule has 0 radical (unpaired) electrons. The van der Waals surface area contributed by atoms with Crippen molar-refractivity contribution in [2.24, 2.45) is 5.73 Å². The van der Waals surface area contributed by atoms with Crippen LogP contribution in [0.3, 0.4) is 0 Å². The number of amides is 1. The Labute approximate surface area is 94.9 Å². The molecule has 6 heteroatoms. The van der Waals surface area contributed by atoms with Crippen molar-refractivity contribution in [1.82, 2.24) is 4.31 Å². The van der Waals surface area contributed by atoms with Gasteiger partial charge in [-0.1, -0.05) is 30.3 Å². The highest BCUT2D eigenvalue weighted by Crippen LogP contribution is 2.07. The Morgan fingerprint density at radius 1 is 1.31 bits per heavy atom. The highest BCUT2D eigenvalue weighted by atomic mass is 32.2. The molecule has 1 rings (SSSR count). The van der Waals surface area contributed by atoms with Gasteiger partial charge in [-0.25, -0.2) is 8.42 Å². The largest absolute Gasteiger partial charge is 0.369 e. The number of hydrogen-bond acceptors (Lipinski definition) is 3. The lowest BCUT2D eigenvalue weighted by atomic mass is 10.2. The van der Waals surface area contributed by atoms with Gasteiger partial charge in [0.25, 0.3) is 0 Å². The fraction of sp³-hybridized carbons (Fsp3) is 0.300. The maximum absolute atomic E-state index is 11.4. The highest BCUT2D eigenvalue weighted by molar-refractivity contribution is 7.88. The lowest BCUT2D eigenvalue weighted by Crippen LogP contribution is -2.37. The SMILES string of the molecule is CS(=O)(=O)N(CC(N)=O)Cc1ccccc1. The summed E-state index contributed by atoms with van der Waals surface area (Å²) in [4.78, 5) is 10.8. The van der Waals surface area contributed by atoms with E-state index in [9.17, 15) is 13.2 Å². The molecule has 0 bridgehead atoms. The molecule has 1 amide bonds. The van der Waals surface area contributed by atoms with E-state index < -0.39 is 15.9 Å². The van der Waals surface area contributed by atoms with Crippen LogP contribution in [-0.4, -0.2) is 31.4 Å². The average molecular weight is 242 g/mol. The van der Waals surface area contributed by atoms with E-state index in [1.54, 1.807) is 24.3 Å². The number of carbonyl (C=O) groups is 1. The molecule has 16 heavy (non-hydrogen) atoms. The van der Waals surface area contributed by atoms with E-state index in [1.165, 1.54) is 0 Å². The van der Waals surface area contributed by atoms with Gasteiger partial charge >= 0.3 is 0 Å². The number of sulfonamides is 1. The standard InChI is InChI=1S/C10H14N2O3S/c1-16(14,15)12(8-10(11)13)7-9-5-3-2-4-6-9/h2-6H,7-8H2,1H3,(H2,11,13). The van der Waals surface area contributed by atoms with E-state index in [4.69, 9.17) is 5.73 Å². The van der Waals surface area contributed by atoms with Crippen LogP contribution in [0, 0.1) is 0 Å². The number of nitrogens with zero attached hydrogens (tertiary/aromatic N) is 1. The van der Waals surface area contributed by atoms with Crippen molar-refractivity contribution in [2.75, 3.05) is 12.8 Å². The Balaban J connectivity index is 2.84. The minimum Gasteiger partial charge on any atom is -0.369 e. The number of primary amides is 1. The number of rotatable bonds is 5. The Morgan fingerprint density at radius 3 is 2.31 bits per heavy atom. The van der Waals surface area contributed by atoms with E-state index in [0.29, 0.717) is 0 Å². The summed E-state index contributed by atoms with van der Waals surface area (Å²) in [5, 5.41) is 0. The number of nitrogens with two attached hydrogens (primary N) is 1. The maximum atomic E-state index is 11.4. The predicted molar refractivity (Wildman–Crippen MR) is 60.9 cm³/mol. The summed E-state index contributed by atoms with van der Waals surface area (Å²) in [5.74, 6) is -0.665. The summed E-state index contributed by atoms with van der Waals surface area (Å²) in [6.45, 7) is -0.143. The van der Waals surface area contributed by atoms with Gasteiger partial charge in [0.05, 0.1) is 12.8 Å². The molecule has 0 unspecified atom stereocenters. The van der Waals surface area contributed by atoms with Gasteiger partial charge < -0.3 is 5.73 Å². The molecule has 5 nitrogen and oxygen atoms in total. The minimum absolute atomic E-state index is 0.155. The van der Waals surface area contributed by atoms with E-state index in [-0.39, 0.29) is 13.1 Å². The summed E-state index contributed by atoms with van der Waals surface area (Å²) < 4.78 is 23.8. The zero-order chi connectivity index (χ0) is 12.2. The average Bonchev–Trinajstić information content (AvgIpc) is 2.16. The molecule has 0 spiro atoms. The maximum Gasteiger partial charge on any atom is 0.232 e. The molecule has 1 aromatic rings. The van der Waals surface area contributed by atoms with E-state index in [2.05, 4.69) is 0 Å². The van der Waals surface area contributed by atoms with Crippen molar-refractivity contribution in [2.45, 2.75) is 6.54 Å². The Kier molecular flexibility index (Phi) is 4.03. The lowest BCUT2D eigenvalue weighted by Gasteiger charge is -2.18. The second-order valence-corrected chi connectivity index (χ2v) is 5.47. The molecule has 0 aliphatic heterocycles. The second-order valence-electron chi connectivity index (χ2n) is 3.48. The topological polar surface area (TPSA) is 80.5 Å². The van der Waals surface area contributed by atoms with Crippen LogP contribution in [0.15, 0.2) is 30.3 Å². The highest BCUT2D eigenvalue weighted by Gasteiger charge is 2.18. The van der Waals surface area contributed by atoms with Gasteiger partial charge in [0, 0.05) is 6.54 Å². The Morgan fingerprint density at radius 2 is 1.88 bits per heavy atom. The molecule has 0 aliphatic carbocycles. The van der Waals surface area contributed by atoms with Crippen molar-refractivity contribution in [3.63, 3.8) is 0 Å². The molecule has 88 valence electrons. The molecule has 0 fully saturated rings. The molecule has 0 aromatic heterocycles. The van der Waals surface area contributed by atoms with Gasteiger partial charge in [0.15, 0.2) is 0 Å². The summed E-state index contributed by atoms with van der Waals surface area (Å²) in [7, 11) is -3.43. The predicted octanol–water partition coefficient (Wildman–Crippen LogP) is -0.0665. The quantitative estimate of drug-likeness (QED) is 0.785. The fourth-order valence-corrected chi connectivity index (χ4v) is 2.00. The summed E-state index contributed by atoms with van der Waals surface area (Å²) in [5.41, 5.74) is 5.81. The van der Waals surface area contributed by atoms with E-state index >= 15 is 0 Å². The van der Waals surface area contributed by atoms with Crippen molar-refractivity contribution in [3.8, 4) is 0 Å². The van der Waals surface area contributed by atoms with Crippen molar-refractivity contribution >= 4 is 15.9 Å². The Bertz CT molecular complexity index is 456. The van der Waals surface area contributed by atoms with Crippen molar-refractivity contribution in [1.29, 1.82) is 0 Å². The lowest BCUT2D eigenvalue weighted by molar-refractivity contribution is -0.118. The molecule has 1 aromatic carbocycles. The summed E-state index contributed by atoms with van der Waals surface area (Å²) >= 11 is 0. The van der Waals surface area contributed by atoms with Gasteiger partial charge in [0.1, 0.15) is 0 Å². The van der Waals surface area contributed by atoms with E-state index in [1.807, 2.05) is 6.07 Å². The second kappa shape index (κ2) is 5.09. The number of benzene rings is 1. The van der Waals surface area contributed by atoms with Crippen LogP contribution in [0.5, 0.6) is 0 Å². The first-order chi connectivity index (χ1) is 7.39. The van der Waals surface area contributed by atoms with Crippen molar-refractivity contribution in [3.05, 3.63) is 35.9 Å². The first-order valence-electron chi connectivity index (χ1n) is 4.67. The Hall–Kier alpha value is -1.40. The smallest absolute Gasteiger partial charge is 0.232 e. The van der Waals surface area contributed by atoms with Gasteiger partial charge in [-0.05, 0) is 5.56 Å². The summed E-state index contributed by atoms with van der Waals surface area (Å²) in [6, 6.07) is 9.03. The molecule has 0 saturated heterocycles. The molecule has 0 aliphatic rings. The van der Waals surface area contributed by atoms with Crippen LogP contribution in [-0.2, 0) is 21.4 Å². The molecular formula is C10H14N2O3S. The van der Waals surface area contributed by atoms with Crippen LogP contribution in [0.2, 0.25) is 0 Å². The zero-order valence-corrected chi connectivity index (χ0v) is 9.78. The molecule has 2 N–H and O–H groups in total. The van der Waals surface area contributed by atoms with Crippen molar-refractivity contribution < 1.29 is 13.2 Å². The van der Waals surface area contributed by atoms with Crippen LogP contribution < -0.4 is 5.73 Å². The van der Waals surface area contributed by atoms with Crippen LogP contribution in [0.4, 0.5) is 0 Å². The zero-order valence-electron chi connectivity index (χ0n) is 8.96. The monoisotopic (exact) mass is 242 g/mol. The first-order valence-corrected chi connectivity index (χ1v) is 6.52. The number of carbonyl (C=O) groups excluding carboxylic acids is 1. The third-order valence-electron chi connectivity index (χ3n) is 2.00. The van der Waals surface area contributed by atoms with Crippen LogP contribution >= 0.6 is 0 Å². The van der Waals surface area contributed by atoms with Crippen LogP contribution in [0.25, 0.3) is 0 Å². The van der Waals surface area contributed by atoms with E-state index in [0.717, 1.165) is 16.1 Å². The molecule has 0 saturated carbocycles. The first kappa shape index (κ1) is 12.7. The van der Waals surface area contributed by atoms with Gasteiger partial charge in [-0.3, -0.25) is 4.79 Å². The molecular weight excluding hydrogens is 228 g/mol. The molecule has 0 heterocycles. The third-order valence-corrected chi connectivity index (χ3v) is 3.20. The molecule has 0 atom stereocenters.